The van der Waals surface area contributed by atoms with Crippen LogP contribution in [0.4, 0.5) is 0 Å². The molecule has 1 amide bonds. The second-order valence-corrected chi connectivity index (χ2v) is 5.91. The van der Waals surface area contributed by atoms with E-state index in [0.717, 1.165) is 10.2 Å². The first-order valence-electron chi connectivity index (χ1n) is 5.12. The number of hydrogen-bond acceptors (Lipinski definition) is 4. The zero-order valence-electron chi connectivity index (χ0n) is 9.31. The molecule has 0 aliphatic carbocycles. The normalized spacial score (nSPS) is 13.4. The van der Waals surface area contributed by atoms with Gasteiger partial charge in [0.2, 0.25) is 0 Å². The molecule has 94 valence electrons. The van der Waals surface area contributed by atoms with Crippen LogP contribution in [0.3, 0.4) is 0 Å². The Bertz CT molecular complexity index is 419. The van der Waals surface area contributed by atoms with Crippen LogP contribution in [0.5, 0.6) is 0 Å². The molecular formula is C10H14BrN3O2S. The number of carbonyl (C=O) groups excluding carboxylic acids is 1. The maximum atomic E-state index is 11.8. The Labute approximate surface area is 112 Å². The molecule has 4 N–H and O–H groups in total. The van der Waals surface area contributed by atoms with Gasteiger partial charge in [-0.1, -0.05) is 18.5 Å². The number of nitrogens with two attached hydrogens (primary N) is 1. The van der Waals surface area contributed by atoms with Crippen molar-refractivity contribution in [2.75, 3.05) is 0 Å². The molecule has 0 aliphatic rings. The van der Waals surface area contributed by atoms with E-state index in [4.69, 9.17) is 10.9 Å². The number of nitrogens with one attached hydrogen (secondary N) is 1. The monoisotopic (exact) mass is 319 g/mol. The molecule has 0 aliphatic heterocycles. The molecule has 1 aromatic rings. The van der Waals surface area contributed by atoms with E-state index in [-0.39, 0.29) is 11.7 Å². The van der Waals surface area contributed by atoms with Crippen molar-refractivity contribution in [1.82, 2.24) is 5.32 Å². The molecular weight excluding hydrogens is 306 g/mol. The molecule has 7 heteroatoms. The Morgan fingerprint density at radius 2 is 2.41 bits per heavy atom. The van der Waals surface area contributed by atoms with Crippen LogP contribution in [0, 0.1) is 0 Å². The Kier molecular flexibility index (Phi) is 5.43. The zero-order valence-corrected chi connectivity index (χ0v) is 11.7. The third-order valence-corrected chi connectivity index (χ3v) is 3.77. The molecule has 1 rings (SSSR count). The highest BCUT2D eigenvalue weighted by atomic mass is 79.9. The molecule has 1 atom stereocenters. The quantitative estimate of drug-likeness (QED) is 0.336. The van der Waals surface area contributed by atoms with Crippen molar-refractivity contribution in [3.63, 3.8) is 0 Å². The van der Waals surface area contributed by atoms with Gasteiger partial charge in [0.15, 0.2) is 5.84 Å². The largest absolute Gasteiger partial charge is 0.409 e. The van der Waals surface area contributed by atoms with Gasteiger partial charge in [-0.2, -0.15) is 0 Å². The van der Waals surface area contributed by atoms with E-state index >= 15 is 0 Å². The SMILES string of the molecule is CCCC(NC(=O)c1ccc(Br)s1)/C(N)=N/O. The molecule has 17 heavy (non-hydrogen) atoms. The van der Waals surface area contributed by atoms with Crippen LogP contribution in [-0.4, -0.2) is 23.0 Å². The first-order valence-corrected chi connectivity index (χ1v) is 6.73. The molecule has 1 unspecified atom stereocenters. The van der Waals surface area contributed by atoms with Gasteiger partial charge in [-0.15, -0.1) is 11.3 Å². The van der Waals surface area contributed by atoms with E-state index in [0.29, 0.717) is 11.3 Å². The number of oxime groups is 1. The van der Waals surface area contributed by atoms with Crippen molar-refractivity contribution >= 4 is 39.0 Å². The van der Waals surface area contributed by atoms with Gasteiger partial charge < -0.3 is 16.3 Å². The molecule has 0 bridgehead atoms. The number of rotatable bonds is 5. The molecule has 0 spiro atoms. The minimum absolute atomic E-state index is 0.0239. The van der Waals surface area contributed by atoms with Crippen LogP contribution >= 0.6 is 27.3 Å². The minimum atomic E-state index is -0.432. The molecule has 1 aromatic heterocycles. The van der Waals surface area contributed by atoms with Gasteiger partial charge in [-0.25, -0.2) is 0 Å². The number of amidine groups is 1. The Balaban J connectivity index is 2.70. The standard InChI is InChI=1S/C10H14BrN3O2S/c1-2-3-6(9(12)14-16)13-10(15)7-4-5-8(11)17-7/h4-6,16H,2-3H2,1H3,(H2,12,14)(H,13,15). The van der Waals surface area contributed by atoms with Gasteiger partial charge in [-0.3, -0.25) is 4.79 Å². The summed E-state index contributed by atoms with van der Waals surface area (Å²) in [5.41, 5.74) is 5.51. The van der Waals surface area contributed by atoms with Crippen LogP contribution < -0.4 is 11.1 Å². The fourth-order valence-corrected chi connectivity index (χ4v) is 2.61. The van der Waals surface area contributed by atoms with Gasteiger partial charge in [0.1, 0.15) is 0 Å². The van der Waals surface area contributed by atoms with Gasteiger partial charge in [0.05, 0.1) is 14.7 Å². The number of carbonyl (C=O) groups is 1. The van der Waals surface area contributed by atoms with E-state index in [1.807, 2.05) is 6.92 Å². The van der Waals surface area contributed by atoms with Gasteiger partial charge in [0, 0.05) is 0 Å². The summed E-state index contributed by atoms with van der Waals surface area (Å²) in [7, 11) is 0. The van der Waals surface area contributed by atoms with Gasteiger partial charge in [-0.05, 0) is 34.5 Å². The molecule has 0 fully saturated rings. The van der Waals surface area contributed by atoms with Gasteiger partial charge in [0.25, 0.3) is 5.91 Å². The van der Waals surface area contributed by atoms with E-state index in [9.17, 15) is 4.79 Å². The smallest absolute Gasteiger partial charge is 0.261 e. The lowest BCUT2D eigenvalue weighted by Crippen LogP contribution is -2.44. The molecule has 0 aromatic carbocycles. The summed E-state index contributed by atoms with van der Waals surface area (Å²) in [6.45, 7) is 1.96. The van der Waals surface area contributed by atoms with Crippen molar-refractivity contribution in [2.24, 2.45) is 10.9 Å². The number of hydrogen-bond donors (Lipinski definition) is 3. The Morgan fingerprint density at radius 3 is 2.88 bits per heavy atom. The fourth-order valence-electron chi connectivity index (χ4n) is 1.32. The van der Waals surface area contributed by atoms with Crippen molar-refractivity contribution in [3.05, 3.63) is 20.8 Å². The van der Waals surface area contributed by atoms with Crippen LogP contribution in [-0.2, 0) is 0 Å². The highest BCUT2D eigenvalue weighted by molar-refractivity contribution is 9.11. The second-order valence-electron chi connectivity index (χ2n) is 3.44. The zero-order chi connectivity index (χ0) is 12.8. The number of halogens is 1. The lowest BCUT2D eigenvalue weighted by Gasteiger charge is -2.15. The van der Waals surface area contributed by atoms with Crippen molar-refractivity contribution in [2.45, 2.75) is 25.8 Å². The van der Waals surface area contributed by atoms with E-state index in [1.54, 1.807) is 12.1 Å². The predicted molar refractivity (Wildman–Crippen MR) is 71.6 cm³/mol. The minimum Gasteiger partial charge on any atom is -0.409 e. The molecule has 1 heterocycles. The predicted octanol–water partition coefficient (Wildman–Crippen LogP) is 2.16. The highest BCUT2D eigenvalue weighted by Crippen LogP contribution is 2.22. The van der Waals surface area contributed by atoms with E-state index in [2.05, 4.69) is 26.4 Å². The summed E-state index contributed by atoms with van der Waals surface area (Å²) in [4.78, 5) is 12.4. The molecule has 5 nitrogen and oxygen atoms in total. The molecule has 0 saturated heterocycles. The highest BCUT2D eigenvalue weighted by Gasteiger charge is 2.17. The maximum Gasteiger partial charge on any atom is 0.261 e. The second kappa shape index (κ2) is 6.61. The summed E-state index contributed by atoms with van der Waals surface area (Å²) < 4.78 is 0.887. The summed E-state index contributed by atoms with van der Waals surface area (Å²) in [6, 6.07) is 3.09. The number of nitrogens with zero attached hydrogens (tertiary/aromatic N) is 1. The first-order chi connectivity index (χ1) is 8.08. The topological polar surface area (TPSA) is 87.7 Å². The third kappa shape index (κ3) is 4.01. The average molecular weight is 320 g/mol. The fraction of sp³-hybridized carbons (Fsp3) is 0.400. The Morgan fingerprint density at radius 1 is 1.71 bits per heavy atom. The number of thiophene rings is 1. The maximum absolute atomic E-state index is 11.8. The molecule has 0 saturated carbocycles. The average Bonchev–Trinajstić information content (AvgIpc) is 2.74. The third-order valence-electron chi connectivity index (χ3n) is 2.15. The van der Waals surface area contributed by atoms with Crippen molar-refractivity contribution in [3.8, 4) is 0 Å². The summed E-state index contributed by atoms with van der Waals surface area (Å²) >= 11 is 4.63. The lowest BCUT2D eigenvalue weighted by molar-refractivity contribution is 0.0949. The van der Waals surface area contributed by atoms with Crippen LogP contribution in [0.1, 0.15) is 29.4 Å². The van der Waals surface area contributed by atoms with Gasteiger partial charge >= 0.3 is 0 Å². The van der Waals surface area contributed by atoms with Crippen LogP contribution in [0.25, 0.3) is 0 Å². The molecule has 0 radical (unpaired) electrons. The van der Waals surface area contributed by atoms with Crippen LogP contribution in [0.2, 0.25) is 0 Å². The van der Waals surface area contributed by atoms with Crippen molar-refractivity contribution in [1.29, 1.82) is 0 Å². The summed E-state index contributed by atoms with van der Waals surface area (Å²) in [5.74, 6) is -0.193. The first kappa shape index (κ1) is 14.0. The van der Waals surface area contributed by atoms with Crippen LogP contribution in [0.15, 0.2) is 21.1 Å². The summed E-state index contributed by atoms with van der Waals surface area (Å²) in [5, 5.41) is 14.3. The number of amides is 1. The lowest BCUT2D eigenvalue weighted by atomic mass is 10.1. The summed E-state index contributed by atoms with van der Waals surface area (Å²) in [6.07, 6.45) is 1.46. The van der Waals surface area contributed by atoms with Crippen molar-refractivity contribution < 1.29 is 10.0 Å². The van der Waals surface area contributed by atoms with E-state index in [1.165, 1.54) is 11.3 Å². The van der Waals surface area contributed by atoms with E-state index < -0.39 is 6.04 Å². The Hall–Kier alpha value is -1.08.